The number of rotatable bonds is 3. The third-order valence-electron chi connectivity index (χ3n) is 3.56. The first-order valence-corrected chi connectivity index (χ1v) is 6.12. The van der Waals surface area contributed by atoms with Gasteiger partial charge >= 0.3 is 0 Å². The number of carbonyl (C=O) groups is 1. The van der Waals surface area contributed by atoms with Gasteiger partial charge < -0.3 is 0 Å². The second-order valence-corrected chi connectivity index (χ2v) is 5.30. The van der Waals surface area contributed by atoms with Crippen LogP contribution in [0.4, 0.5) is 0 Å². The second kappa shape index (κ2) is 4.50. The normalized spacial score (nSPS) is 27.0. The largest absolute Gasteiger partial charge is 0.298 e. The Labute approximate surface area is 106 Å². The number of halogens is 1. The van der Waals surface area contributed by atoms with Crippen molar-refractivity contribution >= 4 is 17.4 Å². The van der Waals surface area contributed by atoms with Gasteiger partial charge in [-0.05, 0) is 36.5 Å². The van der Waals surface area contributed by atoms with E-state index in [9.17, 15) is 4.79 Å². The van der Waals surface area contributed by atoms with Crippen molar-refractivity contribution in [1.29, 1.82) is 5.26 Å². The molecule has 1 aromatic rings. The van der Waals surface area contributed by atoms with Crippen LogP contribution in [-0.4, -0.2) is 5.78 Å². The third kappa shape index (κ3) is 2.08. The van der Waals surface area contributed by atoms with Gasteiger partial charge in [-0.1, -0.05) is 30.7 Å². The van der Waals surface area contributed by atoms with E-state index in [4.69, 9.17) is 16.9 Å². The lowest BCUT2D eigenvalue weighted by Gasteiger charge is -2.45. The van der Waals surface area contributed by atoms with Gasteiger partial charge in [0, 0.05) is 5.02 Å². The van der Waals surface area contributed by atoms with E-state index in [1.165, 1.54) is 0 Å². The molecule has 88 valence electrons. The molecule has 0 spiro atoms. The summed E-state index contributed by atoms with van der Waals surface area (Å²) in [4.78, 5) is 12.1. The summed E-state index contributed by atoms with van der Waals surface area (Å²) in [5, 5.41) is 9.35. The Hall–Kier alpha value is -1.33. The van der Waals surface area contributed by atoms with Gasteiger partial charge in [-0.3, -0.25) is 4.79 Å². The first kappa shape index (κ1) is 12.1. The zero-order valence-corrected chi connectivity index (χ0v) is 10.5. The minimum atomic E-state index is -0.431. The van der Waals surface area contributed by atoms with E-state index in [2.05, 4.69) is 6.92 Å². The van der Waals surface area contributed by atoms with Gasteiger partial charge in [-0.15, -0.1) is 0 Å². The van der Waals surface area contributed by atoms with Gasteiger partial charge in [0.05, 0.1) is 17.9 Å². The highest BCUT2D eigenvalue weighted by molar-refractivity contribution is 6.30. The Bertz CT molecular complexity index is 466. The Morgan fingerprint density at radius 2 is 2.06 bits per heavy atom. The predicted molar refractivity (Wildman–Crippen MR) is 66.8 cm³/mol. The maximum atomic E-state index is 12.1. The molecule has 1 saturated carbocycles. The Morgan fingerprint density at radius 1 is 1.47 bits per heavy atom. The van der Waals surface area contributed by atoms with Crippen LogP contribution in [0.25, 0.3) is 0 Å². The molecular weight excluding hydrogens is 234 g/mol. The topological polar surface area (TPSA) is 40.9 Å². The number of hydrogen-bond acceptors (Lipinski definition) is 2. The summed E-state index contributed by atoms with van der Waals surface area (Å²) in [6.07, 6.45) is 1.68. The molecule has 0 saturated heterocycles. The number of nitrogens with zero attached hydrogens (tertiary/aromatic N) is 1. The highest BCUT2D eigenvalue weighted by Gasteiger charge is 2.48. The van der Waals surface area contributed by atoms with Crippen LogP contribution in [0.5, 0.6) is 0 Å². The van der Waals surface area contributed by atoms with Crippen molar-refractivity contribution in [2.75, 3.05) is 0 Å². The summed E-state index contributed by atoms with van der Waals surface area (Å²) >= 11 is 5.86. The van der Waals surface area contributed by atoms with Crippen LogP contribution in [0.15, 0.2) is 24.3 Å². The Morgan fingerprint density at radius 3 is 2.53 bits per heavy atom. The molecule has 1 aromatic carbocycles. The van der Waals surface area contributed by atoms with E-state index < -0.39 is 5.41 Å². The van der Waals surface area contributed by atoms with Crippen molar-refractivity contribution in [3.8, 4) is 6.07 Å². The van der Waals surface area contributed by atoms with Gasteiger partial charge in [-0.2, -0.15) is 5.26 Å². The maximum Gasteiger partial charge on any atom is 0.157 e. The molecule has 0 atom stereocenters. The summed E-state index contributed by atoms with van der Waals surface area (Å²) in [5.74, 6) is 0.591. The highest BCUT2D eigenvalue weighted by atomic mass is 35.5. The quantitative estimate of drug-likeness (QED) is 0.820. The average molecular weight is 248 g/mol. The van der Waals surface area contributed by atoms with E-state index in [1.54, 1.807) is 12.1 Å². The zero-order chi connectivity index (χ0) is 12.5. The molecule has 0 aliphatic heterocycles. The number of hydrogen-bond donors (Lipinski definition) is 0. The summed E-state index contributed by atoms with van der Waals surface area (Å²) in [7, 11) is 0. The predicted octanol–water partition coefficient (Wildman–Crippen LogP) is 3.49. The molecule has 1 aliphatic rings. The van der Waals surface area contributed by atoms with Gasteiger partial charge in [-0.25, -0.2) is 0 Å². The van der Waals surface area contributed by atoms with Crippen LogP contribution in [-0.2, 0) is 10.2 Å². The smallest absolute Gasteiger partial charge is 0.157 e. The van der Waals surface area contributed by atoms with Crippen LogP contribution in [0.1, 0.15) is 31.7 Å². The summed E-state index contributed by atoms with van der Waals surface area (Å²) in [6, 6.07) is 9.39. The molecule has 0 bridgehead atoms. The maximum absolute atomic E-state index is 12.1. The van der Waals surface area contributed by atoms with E-state index in [-0.39, 0.29) is 12.2 Å². The van der Waals surface area contributed by atoms with Crippen LogP contribution in [0.3, 0.4) is 0 Å². The van der Waals surface area contributed by atoms with E-state index in [1.807, 2.05) is 18.2 Å². The van der Waals surface area contributed by atoms with E-state index >= 15 is 0 Å². The van der Waals surface area contributed by atoms with Gasteiger partial charge in [0.15, 0.2) is 5.78 Å². The van der Waals surface area contributed by atoms with Crippen molar-refractivity contribution in [1.82, 2.24) is 0 Å². The van der Waals surface area contributed by atoms with Gasteiger partial charge in [0.2, 0.25) is 0 Å². The lowest BCUT2D eigenvalue weighted by atomic mass is 9.56. The number of ketones is 1. The monoisotopic (exact) mass is 247 g/mol. The number of benzene rings is 1. The van der Waals surface area contributed by atoms with Crippen molar-refractivity contribution in [2.24, 2.45) is 5.92 Å². The number of carbonyl (C=O) groups excluding carboxylic acids is 1. The highest BCUT2D eigenvalue weighted by Crippen LogP contribution is 2.49. The van der Waals surface area contributed by atoms with Crippen molar-refractivity contribution < 1.29 is 4.79 Å². The molecule has 1 fully saturated rings. The zero-order valence-electron chi connectivity index (χ0n) is 9.74. The van der Waals surface area contributed by atoms with Crippen LogP contribution in [0, 0.1) is 17.2 Å². The molecule has 0 radical (unpaired) electrons. The summed E-state index contributed by atoms with van der Waals surface area (Å²) < 4.78 is 0. The van der Waals surface area contributed by atoms with Crippen LogP contribution in [0.2, 0.25) is 5.02 Å². The average Bonchev–Trinajstić information content (AvgIpc) is 2.26. The molecule has 2 nitrogen and oxygen atoms in total. The van der Waals surface area contributed by atoms with Gasteiger partial charge in [0.1, 0.15) is 0 Å². The molecule has 0 unspecified atom stereocenters. The lowest BCUT2D eigenvalue weighted by Crippen LogP contribution is -2.46. The molecule has 17 heavy (non-hydrogen) atoms. The summed E-state index contributed by atoms with van der Waals surface area (Å²) in [6.45, 7) is 2.13. The molecule has 2 rings (SSSR count). The SMILES string of the molecule is CC1CC(C(=O)CC#N)(c2ccc(Cl)cc2)C1. The fourth-order valence-corrected chi connectivity index (χ4v) is 2.89. The molecule has 0 N–H and O–H groups in total. The minimum absolute atomic E-state index is 0.00462. The Balaban J connectivity index is 2.33. The van der Waals surface area contributed by atoms with E-state index in [0.717, 1.165) is 18.4 Å². The second-order valence-electron chi connectivity index (χ2n) is 4.86. The standard InChI is InChI=1S/C14H14ClNO/c1-10-8-14(9-10,13(17)6-7-16)11-2-4-12(15)5-3-11/h2-5,10H,6,8-9H2,1H3. The van der Waals surface area contributed by atoms with Crippen LogP contribution < -0.4 is 0 Å². The first-order chi connectivity index (χ1) is 8.08. The Kier molecular flexibility index (Phi) is 3.22. The molecule has 0 amide bonds. The molecule has 0 aromatic heterocycles. The van der Waals surface area contributed by atoms with Crippen molar-refractivity contribution in [3.63, 3.8) is 0 Å². The lowest BCUT2D eigenvalue weighted by molar-refractivity contribution is -0.128. The molecule has 1 aliphatic carbocycles. The fourth-order valence-electron chi connectivity index (χ4n) is 2.76. The minimum Gasteiger partial charge on any atom is -0.298 e. The van der Waals surface area contributed by atoms with Crippen LogP contribution >= 0.6 is 11.6 Å². The van der Waals surface area contributed by atoms with Crippen molar-refractivity contribution in [3.05, 3.63) is 34.9 Å². The first-order valence-electron chi connectivity index (χ1n) is 5.75. The third-order valence-corrected chi connectivity index (χ3v) is 3.82. The fraction of sp³-hybridized carbons (Fsp3) is 0.429. The van der Waals surface area contributed by atoms with E-state index in [0.29, 0.717) is 10.9 Å². The van der Waals surface area contributed by atoms with Gasteiger partial charge in [0.25, 0.3) is 0 Å². The number of nitriles is 1. The summed E-state index contributed by atoms with van der Waals surface area (Å²) in [5.41, 5.74) is 0.569. The molecule has 3 heteroatoms. The molecule has 0 heterocycles. The number of Topliss-reactive ketones (excluding diaryl/α,β-unsaturated/α-hetero) is 1. The molecular formula is C14H14ClNO. The van der Waals surface area contributed by atoms with Crippen molar-refractivity contribution in [2.45, 2.75) is 31.6 Å².